The van der Waals surface area contributed by atoms with Gasteiger partial charge in [0.05, 0.1) is 18.2 Å². The molecule has 1 aromatic carbocycles. The normalized spacial score (nSPS) is 9.71. The molecule has 4 nitrogen and oxygen atoms in total. The minimum Gasteiger partial charge on any atom is -0.355 e. The molecule has 0 saturated carbocycles. The van der Waals surface area contributed by atoms with Gasteiger partial charge in [0, 0.05) is 13.1 Å². The molecular formula is C12H14FN3O. The lowest BCUT2D eigenvalue weighted by Crippen LogP contribution is -2.33. The molecule has 90 valence electrons. The van der Waals surface area contributed by atoms with E-state index >= 15 is 0 Å². The van der Waals surface area contributed by atoms with Crippen LogP contribution in [0, 0.1) is 17.1 Å². The van der Waals surface area contributed by atoms with Crippen molar-refractivity contribution in [1.29, 1.82) is 5.26 Å². The number of amides is 1. The van der Waals surface area contributed by atoms with Crippen LogP contribution >= 0.6 is 0 Å². The molecule has 0 unspecified atom stereocenters. The molecule has 0 heterocycles. The van der Waals surface area contributed by atoms with E-state index in [2.05, 4.69) is 10.6 Å². The maximum Gasteiger partial charge on any atom is 0.233 e. The van der Waals surface area contributed by atoms with Crippen LogP contribution in [0.15, 0.2) is 18.2 Å². The fourth-order valence-electron chi connectivity index (χ4n) is 1.39. The standard InChI is InChI=1S/C12H14FN3O/c1-2-16-12(17)8-15-7-10-5-11(13)4-3-9(10)6-14/h3-5,15H,2,7-8H2,1H3,(H,16,17). The van der Waals surface area contributed by atoms with E-state index in [4.69, 9.17) is 5.26 Å². The first kappa shape index (κ1) is 13.1. The Labute approximate surface area is 99.4 Å². The zero-order chi connectivity index (χ0) is 12.7. The summed E-state index contributed by atoms with van der Waals surface area (Å²) in [5.41, 5.74) is 0.964. The van der Waals surface area contributed by atoms with Crippen LogP contribution in [-0.4, -0.2) is 19.0 Å². The van der Waals surface area contributed by atoms with Gasteiger partial charge in [0.25, 0.3) is 0 Å². The fraction of sp³-hybridized carbons (Fsp3) is 0.333. The molecule has 1 amide bonds. The number of halogens is 1. The smallest absolute Gasteiger partial charge is 0.233 e. The number of nitrogens with one attached hydrogen (secondary N) is 2. The predicted molar refractivity (Wildman–Crippen MR) is 61.5 cm³/mol. The van der Waals surface area contributed by atoms with Crippen molar-refractivity contribution in [2.45, 2.75) is 13.5 Å². The van der Waals surface area contributed by atoms with Crippen LogP contribution in [0.25, 0.3) is 0 Å². The van der Waals surface area contributed by atoms with E-state index in [1.807, 2.05) is 13.0 Å². The van der Waals surface area contributed by atoms with Crippen molar-refractivity contribution in [2.24, 2.45) is 0 Å². The highest BCUT2D eigenvalue weighted by atomic mass is 19.1. The maximum atomic E-state index is 13.0. The summed E-state index contributed by atoms with van der Waals surface area (Å²) in [7, 11) is 0. The van der Waals surface area contributed by atoms with Crippen molar-refractivity contribution in [3.63, 3.8) is 0 Å². The van der Waals surface area contributed by atoms with Gasteiger partial charge >= 0.3 is 0 Å². The Balaban J connectivity index is 2.54. The lowest BCUT2D eigenvalue weighted by atomic mass is 10.1. The van der Waals surface area contributed by atoms with Gasteiger partial charge < -0.3 is 10.6 Å². The second-order valence-electron chi connectivity index (χ2n) is 3.47. The molecule has 0 spiro atoms. The summed E-state index contributed by atoms with van der Waals surface area (Å²) >= 11 is 0. The molecule has 0 aliphatic heterocycles. The highest BCUT2D eigenvalue weighted by Gasteiger charge is 2.04. The van der Waals surface area contributed by atoms with Crippen LogP contribution in [0.4, 0.5) is 4.39 Å². The van der Waals surface area contributed by atoms with Crippen LogP contribution in [0.3, 0.4) is 0 Å². The second-order valence-corrected chi connectivity index (χ2v) is 3.47. The Morgan fingerprint density at radius 3 is 2.94 bits per heavy atom. The van der Waals surface area contributed by atoms with Crippen molar-refractivity contribution >= 4 is 5.91 Å². The average molecular weight is 235 g/mol. The third kappa shape index (κ3) is 4.21. The summed E-state index contributed by atoms with van der Waals surface area (Å²) in [4.78, 5) is 11.1. The molecule has 0 fully saturated rings. The first-order valence-electron chi connectivity index (χ1n) is 5.33. The first-order valence-corrected chi connectivity index (χ1v) is 5.33. The average Bonchev–Trinajstić information content (AvgIpc) is 2.30. The summed E-state index contributed by atoms with van der Waals surface area (Å²) in [6.45, 7) is 2.84. The third-order valence-corrected chi connectivity index (χ3v) is 2.16. The minimum atomic E-state index is -0.390. The van der Waals surface area contributed by atoms with Gasteiger partial charge in [-0.05, 0) is 30.7 Å². The van der Waals surface area contributed by atoms with E-state index in [0.717, 1.165) is 0 Å². The maximum absolute atomic E-state index is 13.0. The second kappa shape index (κ2) is 6.61. The summed E-state index contributed by atoms with van der Waals surface area (Å²) in [6.07, 6.45) is 0. The number of carbonyl (C=O) groups excluding carboxylic acids is 1. The van der Waals surface area contributed by atoms with Gasteiger partial charge in [0.2, 0.25) is 5.91 Å². The number of nitriles is 1. The Kier molecular flexibility index (Phi) is 5.11. The molecule has 0 aliphatic rings. The highest BCUT2D eigenvalue weighted by Crippen LogP contribution is 2.09. The summed E-state index contributed by atoms with van der Waals surface area (Å²) < 4.78 is 13.0. The SMILES string of the molecule is CCNC(=O)CNCc1cc(F)ccc1C#N. The van der Waals surface area contributed by atoms with Gasteiger partial charge in [-0.1, -0.05) is 0 Å². The zero-order valence-electron chi connectivity index (χ0n) is 9.59. The van der Waals surface area contributed by atoms with E-state index in [9.17, 15) is 9.18 Å². The van der Waals surface area contributed by atoms with Gasteiger partial charge in [-0.25, -0.2) is 4.39 Å². The van der Waals surface area contributed by atoms with E-state index in [1.54, 1.807) is 0 Å². The van der Waals surface area contributed by atoms with Crippen LogP contribution in [0.5, 0.6) is 0 Å². The monoisotopic (exact) mass is 235 g/mol. The van der Waals surface area contributed by atoms with E-state index in [1.165, 1.54) is 18.2 Å². The molecule has 0 aromatic heterocycles. The molecular weight excluding hydrogens is 221 g/mol. The lowest BCUT2D eigenvalue weighted by Gasteiger charge is -2.06. The predicted octanol–water partition coefficient (Wildman–Crippen LogP) is 0.923. The van der Waals surface area contributed by atoms with Crippen molar-refractivity contribution in [1.82, 2.24) is 10.6 Å². The van der Waals surface area contributed by atoms with Crippen molar-refractivity contribution in [3.05, 3.63) is 35.1 Å². The van der Waals surface area contributed by atoms with Crippen molar-refractivity contribution < 1.29 is 9.18 Å². The molecule has 2 N–H and O–H groups in total. The summed E-state index contributed by atoms with van der Waals surface area (Å²) in [6, 6.07) is 5.94. The summed E-state index contributed by atoms with van der Waals surface area (Å²) in [5, 5.41) is 14.3. The molecule has 1 aromatic rings. The van der Waals surface area contributed by atoms with Gasteiger partial charge in [0.1, 0.15) is 5.82 Å². The third-order valence-electron chi connectivity index (χ3n) is 2.16. The summed E-state index contributed by atoms with van der Waals surface area (Å²) in [5.74, 6) is -0.513. The molecule has 17 heavy (non-hydrogen) atoms. The van der Waals surface area contributed by atoms with Gasteiger partial charge in [-0.3, -0.25) is 4.79 Å². The van der Waals surface area contributed by atoms with E-state index in [0.29, 0.717) is 17.7 Å². The lowest BCUT2D eigenvalue weighted by molar-refractivity contribution is -0.120. The molecule has 1 rings (SSSR count). The number of likely N-dealkylation sites (N-methyl/N-ethyl adjacent to an activating group) is 1. The number of hydrogen-bond acceptors (Lipinski definition) is 3. The van der Waals surface area contributed by atoms with E-state index < -0.39 is 0 Å². The Bertz CT molecular complexity index is 440. The number of nitrogens with zero attached hydrogens (tertiary/aromatic N) is 1. The zero-order valence-corrected chi connectivity index (χ0v) is 9.59. The molecule has 0 bridgehead atoms. The Morgan fingerprint density at radius 1 is 1.53 bits per heavy atom. The van der Waals surface area contributed by atoms with E-state index in [-0.39, 0.29) is 24.8 Å². The largest absolute Gasteiger partial charge is 0.355 e. The van der Waals surface area contributed by atoms with Crippen LogP contribution in [0.2, 0.25) is 0 Å². The van der Waals surface area contributed by atoms with Gasteiger partial charge in [-0.15, -0.1) is 0 Å². The van der Waals surface area contributed by atoms with Crippen LogP contribution in [0.1, 0.15) is 18.1 Å². The molecule has 0 atom stereocenters. The number of hydrogen-bond donors (Lipinski definition) is 2. The Hall–Kier alpha value is -1.93. The number of benzene rings is 1. The quantitative estimate of drug-likeness (QED) is 0.797. The highest BCUT2D eigenvalue weighted by molar-refractivity contribution is 5.77. The van der Waals surface area contributed by atoms with Crippen molar-refractivity contribution in [2.75, 3.05) is 13.1 Å². The van der Waals surface area contributed by atoms with Crippen LogP contribution < -0.4 is 10.6 Å². The Morgan fingerprint density at radius 2 is 2.29 bits per heavy atom. The fourth-order valence-corrected chi connectivity index (χ4v) is 1.39. The molecule has 0 saturated heterocycles. The number of rotatable bonds is 5. The minimum absolute atomic E-state index is 0.123. The topological polar surface area (TPSA) is 64.9 Å². The van der Waals surface area contributed by atoms with Gasteiger partial charge in [0.15, 0.2) is 0 Å². The van der Waals surface area contributed by atoms with Gasteiger partial charge in [-0.2, -0.15) is 5.26 Å². The number of carbonyl (C=O) groups is 1. The molecule has 5 heteroatoms. The van der Waals surface area contributed by atoms with Crippen molar-refractivity contribution in [3.8, 4) is 6.07 Å². The molecule has 0 aliphatic carbocycles. The first-order chi connectivity index (χ1) is 8.17. The van der Waals surface area contributed by atoms with Crippen LogP contribution in [-0.2, 0) is 11.3 Å². The molecule has 0 radical (unpaired) electrons.